The lowest BCUT2D eigenvalue weighted by Gasteiger charge is -2.18. The molecule has 0 aromatic heterocycles. The van der Waals surface area contributed by atoms with Gasteiger partial charge in [-0.05, 0) is 37.1 Å². The van der Waals surface area contributed by atoms with Gasteiger partial charge in [-0.1, -0.05) is 15.9 Å². The summed E-state index contributed by atoms with van der Waals surface area (Å²) in [4.78, 5) is 25.1. The zero-order chi connectivity index (χ0) is 11.4. The van der Waals surface area contributed by atoms with E-state index in [-0.39, 0.29) is 23.7 Å². The Morgan fingerprint density at radius 3 is 2.44 bits per heavy atom. The molecule has 2 fully saturated rings. The summed E-state index contributed by atoms with van der Waals surface area (Å²) in [6.45, 7) is 1.91. The van der Waals surface area contributed by atoms with Crippen molar-refractivity contribution in [2.75, 3.05) is 4.90 Å². The number of anilines is 1. The van der Waals surface area contributed by atoms with Gasteiger partial charge in [0.2, 0.25) is 11.8 Å². The number of benzene rings is 1. The zero-order valence-corrected chi connectivity index (χ0v) is 10.3. The molecule has 2 aliphatic rings. The van der Waals surface area contributed by atoms with Crippen molar-refractivity contribution >= 4 is 33.4 Å². The molecule has 16 heavy (non-hydrogen) atoms. The molecular formula is C12H10BrNO2. The highest BCUT2D eigenvalue weighted by Gasteiger charge is 2.59. The lowest BCUT2D eigenvalue weighted by Crippen LogP contribution is -2.33. The van der Waals surface area contributed by atoms with Crippen molar-refractivity contribution in [2.45, 2.75) is 13.3 Å². The first-order valence-corrected chi connectivity index (χ1v) is 6.03. The molecule has 0 radical (unpaired) electrons. The molecule has 0 spiro atoms. The Bertz CT molecular complexity index is 492. The molecule has 1 aliphatic heterocycles. The molecule has 4 heteroatoms. The van der Waals surface area contributed by atoms with Gasteiger partial charge in [-0.3, -0.25) is 9.59 Å². The van der Waals surface area contributed by atoms with Gasteiger partial charge >= 0.3 is 0 Å². The minimum absolute atomic E-state index is 0.0274. The van der Waals surface area contributed by atoms with E-state index in [0.717, 1.165) is 22.1 Å². The minimum atomic E-state index is -0.0319. The van der Waals surface area contributed by atoms with E-state index in [4.69, 9.17) is 0 Å². The summed E-state index contributed by atoms with van der Waals surface area (Å²) >= 11 is 3.37. The van der Waals surface area contributed by atoms with Crippen molar-refractivity contribution in [3.05, 3.63) is 28.2 Å². The fourth-order valence-electron chi connectivity index (χ4n) is 2.29. The molecule has 0 bridgehead atoms. The van der Waals surface area contributed by atoms with Crippen LogP contribution < -0.4 is 4.90 Å². The van der Waals surface area contributed by atoms with E-state index in [2.05, 4.69) is 15.9 Å². The number of hydrogen-bond acceptors (Lipinski definition) is 2. The van der Waals surface area contributed by atoms with Crippen LogP contribution in [0.15, 0.2) is 22.7 Å². The average Bonchev–Trinajstić information content (AvgIpc) is 2.96. The maximum atomic E-state index is 11.9. The first-order chi connectivity index (χ1) is 7.59. The second kappa shape index (κ2) is 3.17. The maximum absolute atomic E-state index is 11.9. The molecule has 1 heterocycles. The smallest absolute Gasteiger partial charge is 0.237 e. The Morgan fingerprint density at radius 1 is 1.25 bits per heavy atom. The van der Waals surface area contributed by atoms with Crippen LogP contribution in [0.2, 0.25) is 0 Å². The third-order valence-electron chi connectivity index (χ3n) is 3.27. The van der Waals surface area contributed by atoms with Gasteiger partial charge in [-0.2, -0.15) is 0 Å². The van der Waals surface area contributed by atoms with Crippen molar-refractivity contribution in [3.8, 4) is 0 Å². The van der Waals surface area contributed by atoms with Gasteiger partial charge in [-0.15, -0.1) is 0 Å². The van der Waals surface area contributed by atoms with Crippen LogP contribution in [0, 0.1) is 18.8 Å². The molecule has 1 aromatic carbocycles. The number of carbonyl (C=O) groups excluding carboxylic acids is 2. The van der Waals surface area contributed by atoms with Gasteiger partial charge < -0.3 is 0 Å². The van der Waals surface area contributed by atoms with Crippen LogP contribution in [0.5, 0.6) is 0 Å². The molecule has 3 nitrogen and oxygen atoms in total. The average molecular weight is 280 g/mol. The highest BCUT2D eigenvalue weighted by atomic mass is 79.9. The van der Waals surface area contributed by atoms with E-state index in [1.54, 1.807) is 0 Å². The number of rotatable bonds is 1. The van der Waals surface area contributed by atoms with Crippen molar-refractivity contribution in [3.63, 3.8) is 0 Å². The van der Waals surface area contributed by atoms with E-state index in [0.29, 0.717) is 0 Å². The number of imide groups is 1. The van der Waals surface area contributed by atoms with Crippen molar-refractivity contribution in [2.24, 2.45) is 11.8 Å². The van der Waals surface area contributed by atoms with Crippen LogP contribution in [0.1, 0.15) is 12.0 Å². The zero-order valence-electron chi connectivity index (χ0n) is 8.74. The molecular weight excluding hydrogens is 270 g/mol. The minimum Gasteiger partial charge on any atom is -0.274 e. The highest BCUT2D eigenvalue weighted by molar-refractivity contribution is 9.10. The topological polar surface area (TPSA) is 37.4 Å². The second-order valence-corrected chi connectivity index (χ2v) is 5.31. The van der Waals surface area contributed by atoms with Crippen LogP contribution in [0.3, 0.4) is 0 Å². The first-order valence-electron chi connectivity index (χ1n) is 5.23. The number of amides is 2. The van der Waals surface area contributed by atoms with Gasteiger partial charge in [-0.25, -0.2) is 4.90 Å². The number of piperidine rings is 1. The summed E-state index contributed by atoms with van der Waals surface area (Å²) in [5, 5.41) is 0. The fraction of sp³-hybridized carbons (Fsp3) is 0.333. The summed E-state index contributed by atoms with van der Waals surface area (Å²) in [7, 11) is 0. The van der Waals surface area contributed by atoms with E-state index in [1.165, 1.54) is 4.90 Å². The monoisotopic (exact) mass is 279 g/mol. The summed E-state index contributed by atoms with van der Waals surface area (Å²) in [6.07, 6.45) is 0.754. The Morgan fingerprint density at radius 2 is 1.88 bits per heavy atom. The lowest BCUT2D eigenvalue weighted by molar-refractivity contribution is -0.123. The third-order valence-corrected chi connectivity index (χ3v) is 3.76. The SMILES string of the molecule is Cc1cc(Br)ccc1N1C(=O)C2CC2C1=O. The number of halogens is 1. The molecule has 2 amide bonds. The van der Waals surface area contributed by atoms with Gasteiger partial charge in [0.05, 0.1) is 17.5 Å². The number of aryl methyl sites for hydroxylation is 1. The summed E-state index contributed by atoms with van der Waals surface area (Å²) < 4.78 is 0.956. The highest BCUT2D eigenvalue weighted by Crippen LogP contribution is 2.48. The van der Waals surface area contributed by atoms with E-state index in [9.17, 15) is 9.59 Å². The maximum Gasteiger partial charge on any atom is 0.237 e. The lowest BCUT2D eigenvalue weighted by atomic mass is 10.2. The molecule has 1 aromatic rings. The molecule has 82 valence electrons. The predicted octanol–water partition coefficient (Wildman–Crippen LogP) is 2.27. The Hall–Kier alpha value is -1.16. The van der Waals surface area contributed by atoms with Crippen LogP contribution >= 0.6 is 15.9 Å². The molecule has 1 saturated carbocycles. The number of nitrogens with zero attached hydrogens (tertiary/aromatic N) is 1. The fourth-order valence-corrected chi connectivity index (χ4v) is 2.76. The summed E-state index contributed by atoms with van der Waals surface area (Å²) in [6, 6.07) is 5.59. The molecule has 2 unspecified atom stereocenters. The molecule has 1 saturated heterocycles. The summed E-state index contributed by atoms with van der Waals surface area (Å²) in [5.74, 6) is -0.119. The Balaban J connectivity index is 2.04. The largest absolute Gasteiger partial charge is 0.274 e. The predicted molar refractivity (Wildman–Crippen MR) is 63.0 cm³/mol. The number of carbonyl (C=O) groups is 2. The molecule has 0 N–H and O–H groups in total. The van der Waals surface area contributed by atoms with Crippen molar-refractivity contribution in [1.82, 2.24) is 0 Å². The number of fused-ring (bicyclic) bond motifs is 1. The van der Waals surface area contributed by atoms with Crippen molar-refractivity contribution in [1.29, 1.82) is 0 Å². The van der Waals surface area contributed by atoms with Gasteiger partial charge in [0.25, 0.3) is 0 Å². The quantitative estimate of drug-likeness (QED) is 0.740. The van der Waals surface area contributed by atoms with Gasteiger partial charge in [0.15, 0.2) is 0 Å². The second-order valence-electron chi connectivity index (χ2n) is 4.39. The Kier molecular flexibility index (Phi) is 1.98. The standard InChI is InChI=1S/C12H10BrNO2/c1-6-4-7(13)2-3-10(6)14-11(15)8-5-9(8)12(14)16/h2-4,8-9H,5H2,1H3. The molecule has 2 atom stereocenters. The van der Waals surface area contributed by atoms with Crippen molar-refractivity contribution < 1.29 is 9.59 Å². The van der Waals surface area contributed by atoms with Crippen LogP contribution in [-0.2, 0) is 9.59 Å². The number of hydrogen-bond donors (Lipinski definition) is 0. The third kappa shape index (κ3) is 1.26. The Labute approximate surface area is 102 Å². The van der Waals surface area contributed by atoms with E-state index >= 15 is 0 Å². The van der Waals surface area contributed by atoms with Gasteiger partial charge in [0, 0.05) is 4.47 Å². The van der Waals surface area contributed by atoms with Crippen LogP contribution in [0.25, 0.3) is 0 Å². The first kappa shape index (κ1) is 10.0. The van der Waals surface area contributed by atoms with Gasteiger partial charge in [0.1, 0.15) is 0 Å². The molecule has 3 rings (SSSR count). The molecule has 1 aliphatic carbocycles. The van der Waals surface area contributed by atoms with Crippen LogP contribution in [-0.4, -0.2) is 11.8 Å². The van der Waals surface area contributed by atoms with E-state index < -0.39 is 0 Å². The van der Waals surface area contributed by atoms with Crippen LogP contribution in [0.4, 0.5) is 5.69 Å². The normalized spacial score (nSPS) is 27.2. The summed E-state index contributed by atoms with van der Waals surface area (Å²) in [5.41, 5.74) is 1.67. The van der Waals surface area contributed by atoms with E-state index in [1.807, 2.05) is 25.1 Å².